The molecule has 0 heterocycles. The molecule has 0 bridgehead atoms. The lowest BCUT2D eigenvalue weighted by Gasteiger charge is -2.14. The highest BCUT2D eigenvalue weighted by atomic mass is 127. The van der Waals surface area contributed by atoms with Crippen molar-refractivity contribution in [3.8, 4) is 0 Å². The normalized spacial score (nSPS) is 12.4. The first kappa shape index (κ1) is 11.5. The van der Waals surface area contributed by atoms with Gasteiger partial charge in [-0.1, -0.05) is 30.3 Å². The van der Waals surface area contributed by atoms with Crippen LogP contribution >= 0.6 is 22.6 Å². The van der Waals surface area contributed by atoms with Gasteiger partial charge in [-0.25, -0.2) is 4.39 Å². The van der Waals surface area contributed by atoms with Crippen molar-refractivity contribution in [3.05, 3.63) is 69.0 Å². The Labute approximate surface area is 108 Å². The predicted octanol–water partition coefficient (Wildman–Crippen LogP) is 3.48. The Morgan fingerprint density at radius 1 is 1.06 bits per heavy atom. The van der Waals surface area contributed by atoms with Gasteiger partial charge in [-0.2, -0.15) is 0 Å². The van der Waals surface area contributed by atoms with E-state index in [4.69, 9.17) is 5.73 Å². The molecule has 0 spiro atoms. The maximum absolute atomic E-state index is 13.1. The van der Waals surface area contributed by atoms with Crippen LogP contribution in [0.15, 0.2) is 48.5 Å². The average Bonchev–Trinajstić information content (AvgIpc) is 2.29. The van der Waals surface area contributed by atoms with Crippen molar-refractivity contribution in [2.24, 2.45) is 5.73 Å². The number of rotatable bonds is 2. The highest BCUT2D eigenvalue weighted by molar-refractivity contribution is 14.1. The average molecular weight is 327 g/mol. The van der Waals surface area contributed by atoms with E-state index in [1.54, 1.807) is 6.07 Å². The summed E-state index contributed by atoms with van der Waals surface area (Å²) in [5.74, 6) is -0.251. The standard InChI is InChI=1S/C13H11FIN/c14-10-5-3-4-9(8-10)13(16)11-6-1-2-7-12(11)15/h1-8,13H,16H2. The summed E-state index contributed by atoms with van der Waals surface area (Å²) in [5.41, 5.74) is 7.93. The highest BCUT2D eigenvalue weighted by Crippen LogP contribution is 2.24. The zero-order valence-electron chi connectivity index (χ0n) is 8.53. The van der Waals surface area contributed by atoms with Crippen LogP contribution < -0.4 is 5.73 Å². The first-order valence-corrected chi connectivity index (χ1v) is 6.02. The minimum Gasteiger partial charge on any atom is -0.320 e. The van der Waals surface area contributed by atoms with Crippen LogP contribution in [0.4, 0.5) is 4.39 Å². The van der Waals surface area contributed by atoms with Gasteiger partial charge in [0, 0.05) is 3.57 Å². The van der Waals surface area contributed by atoms with Crippen LogP contribution in [-0.2, 0) is 0 Å². The third kappa shape index (κ3) is 2.41. The molecule has 2 rings (SSSR count). The molecule has 0 aliphatic carbocycles. The van der Waals surface area contributed by atoms with Gasteiger partial charge in [0.25, 0.3) is 0 Å². The monoisotopic (exact) mass is 327 g/mol. The van der Waals surface area contributed by atoms with Crippen LogP contribution in [0.1, 0.15) is 17.2 Å². The zero-order valence-corrected chi connectivity index (χ0v) is 10.7. The molecule has 16 heavy (non-hydrogen) atoms. The van der Waals surface area contributed by atoms with Gasteiger partial charge >= 0.3 is 0 Å². The van der Waals surface area contributed by atoms with E-state index < -0.39 is 0 Å². The molecule has 0 amide bonds. The van der Waals surface area contributed by atoms with Gasteiger partial charge in [0.05, 0.1) is 6.04 Å². The molecule has 2 N–H and O–H groups in total. The Morgan fingerprint density at radius 2 is 1.81 bits per heavy atom. The van der Waals surface area contributed by atoms with E-state index in [0.29, 0.717) is 0 Å². The van der Waals surface area contributed by atoms with Crippen molar-refractivity contribution in [3.63, 3.8) is 0 Å². The van der Waals surface area contributed by atoms with Crippen LogP contribution in [0.25, 0.3) is 0 Å². The molecule has 2 aromatic carbocycles. The number of benzene rings is 2. The fourth-order valence-corrected chi connectivity index (χ4v) is 2.33. The topological polar surface area (TPSA) is 26.0 Å². The van der Waals surface area contributed by atoms with E-state index >= 15 is 0 Å². The lowest BCUT2D eigenvalue weighted by molar-refractivity contribution is 0.623. The molecule has 0 radical (unpaired) electrons. The number of hydrogen-bond acceptors (Lipinski definition) is 1. The van der Waals surface area contributed by atoms with Gasteiger partial charge in [0.1, 0.15) is 5.82 Å². The van der Waals surface area contributed by atoms with Gasteiger partial charge < -0.3 is 5.73 Å². The van der Waals surface area contributed by atoms with E-state index in [-0.39, 0.29) is 11.9 Å². The predicted molar refractivity (Wildman–Crippen MR) is 71.6 cm³/mol. The van der Waals surface area contributed by atoms with Crippen LogP contribution in [0.2, 0.25) is 0 Å². The summed E-state index contributed by atoms with van der Waals surface area (Å²) < 4.78 is 14.2. The molecular formula is C13H11FIN. The molecule has 0 fully saturated rings. The minimum absolute atomic E-state index is 0.251. The van der Waals surface area contributed by atoms with Crippen molar-refractivity contribution in [2.45, 2.75) is 6.04 Å². The highest BCUT2D eigenvalue weighted by Gasteiger charge is 2.11. The third-order valence-electron chi connectivity index (χ3n) is 2.45. The molecule has 2 aromatic rings. The SMILES string of the molecule is NC(c1cccc(F)c1)c1ccccc1I. The van der Waals surface area contributed by atoms with Crippen molar-refractivity contribution in [2.75, 3.05) is 0 Å². The minimum atomic E-state index is -0.274. The Bertz CT molecular complexity index is 499. The van der Waals surface area contributed by atoms with Crippen molar-refractivity contribution < 1.29 is 4.39 Å². The first-order chi connectivity index (χ1) is 7.68. The van der Waals surface area contributed by atoms with Gasteiger partial charge in [-0.15, -0.1) is 0 Å². The molecule has 0 saturated heterocycles. The van der Waals surface area contributed by atoms with E-state index in [1.807, 2.05) is 30.3 Å². The van der Waals surface area contributed by atoms with Crippen molar-refractivity contribution >= 4 is 22.6 Å². The van der Waals surface area contributed by atoms with E-state index in [1.165, 1.54) is 12.1 Å². The van der Waals surface area contributed by atoms with Crippen molar-refractivity contribution in [1.29, 1.82) is 0 Å². The summed E-state index contributed by atoms with van der Waals surface area (Å²) in [6.45, 7) is 0. The van der Waals surface area contributed by atoms with Gasteiger partial charge in [0.2, 0.25) is 0 Å². The summed E-state index contributed by atoms with van der Waals surface area (Å²) in [7, 11) is 0. The summed E-state index contributed by atoms with van der Waals surface area (Å²) in [6.07, 6.45) is 0. The fourth-order valence-electron chi connectivity index (χ4n) is 1.61. The Morgan fingerprint density at radius 3 is 2.50 bits per heavy atom. The fraction of sp³-hybridized carbons (Fsp3) is 0.0769. The molecule has 1 nitrogen and oxygen atoms in total. The summed E-state index contributed by atoms with van der Waals surface area (Å²) in [4.78, 5) is 0. The van der Waals surface area contributed by atoms with Crippen LogP contribution in [0, 0.1) is 9.39 Å². The number of halogens is 2. The summed E-state index contributed by atoms with van der Waals surface area (Å²) in [6, 6.07) is 14.0. The quantitative estimate of drug-likeness (QED) is 0.840. The Balaban J connectivity index is 2.39. The molecule has 0 aliphatic rings. The van der Waals surface area contributed by atoms with Crippen molar-refractivity contribution in [1.82, 2.24) is 0 Å². The molecule has 0 aromatic heterocycles. The molecular weight excluding hydrogens is 316 g/mol. The van der Waals surface area contributed by atoms with E-state index in [2.05, 4.69) is 22.6 Å². The smallest absolute Gasteiger partial charge is 0.123 e. The number of nitrogens with two attached hydrogens (primary N) is 1. The van der Waals surface area contributed by atoms with Gasteiger partial charge in [-0.3, -0.25) is 0 Å². The molecule has 0 aliphatic heterocycles. The summed E-state index contributed by atoms with van der Waals surface area (Å²) >= 11 is 2.24. The second-order valence-electron chi connectivity index (χ2n) is 3.55. The largest absolute Gasteiger partial charge is 0.320 e. The molecule has 0 saturated carbocycles. The van der Waals surface area contributed by atoms with Crippen LogP contribution in [-0.4, -0.2) is 0 Å². The number of hydrogen-bond donors (Lipinski definition) is 1. The summed E-state index contributed by atoms with van der Waals surface area (Å²) in [5, 5.41) is 0. The molecule has 3 heteroatoms. The van der Waals surface area contributed by atoms with Crippen LogP contribution in [0.5, 0.6) is 0 Å². The lowest BCUT2D eigenvalue weighted by Crippen LogP contribution is -2.13. The Kier molecular flexibility index (Phi) is 3.56. The zero-order chi connectivity index (χ0) is 11.5. The maximum Gasteiger partial charge on any atom is 0.123 e. The molecule has 82 valence electrons. The van der Waals surface area contributed by atoms with Gasteiger partial charge in [0.15, 0.2) is 0 Å². The second kappa shape index (κ2) is 4.93. The van der Waals surface area contributed by atoms with Crippen LogP contribution in [0.3, 0.4) is 0 Å². The second-order valence-corrected chi connectivity index (χ2v) is 4.72. The van der Waals surface area contributed by atoms with E-state index in [9.17, 15) is 4.39 Å². The van der Waals surface area contributed by atoms with E-state index in [0.717, 1.165) is 14.7 Å². The Hall–Kier alpha value is -0.940. The molecule has 1 atom stereocenters. The van der Waals surface area contributed by atoms with Gasteiger partial charge in [-0.05, 0) is 51.9 Å². The lowest BCUT2D eigenvalue weighted by atomic mass is 10.00. The molecule has 1 unspecified atom stereocenters. The first-order valence-electron chi connectivity index (χ1n) is 4.94. The third-order valence-corrected chi connectivity index (χ3v) is 3.43. The maximum atomic E-state index is 13.1.